The molecule has 0 heterocycles. The maximum absolute atomic E-state index is 2.48. The van der Waals surface area contributed by atoms with Crippen molar-refractivity contribution in [3.8, 4) is 11.1 Å². The summed E-state index contributed by atoms with van der Waals surface area (Å²) in [6, 6.07) is 125. The Labute approximate surface area is 893 Å². The molecule has 16 aromatic rings. The van der Waals surface area contributed by atoms with E-state index in [0.29, 0.717) is 5.92 Å². The molecular weight excluding hydrogens is 1800 g/mol. The second kappa shape index (κ2) is 52.6. The predicted molar refractivity (Wildman–Crippen MR) is 647 cm³/mol. The molecule has 16 aromatic carbocycles. The molecule has 150 heavy (non-hydrogen) atoms. The lowest BCUT2D eigenvalue weighted by Crippen LogP contribution is -2.06. The van der Waals surface area contributed by atoms with E-state index in [0.717, 1.165) is 57.8 Å². The van der Waals surface area contributed by atoms with E-state index in [1.165, 1.54) is 265 Å². The quantitative estimate of drug-likeness (QED) is 0.133. The van der Waals surface area contributed by atoms with E-state index in [9.17, 15) is 0 Å². The van der Waals surface area contributed by atoms with Crippen molar-refractivity contribution in [1.82, 2.24) is 0 Å². The van der Waals surface area contributed by atoms with Crippen molar-refractivity contribution in [3.05, 3.63) is 647 Å². The number of hydrogen-bond donors (Lipinski definition) is 0. The predicted octanol–water partition coefficient (Wildman–Crippen LogP) is 38.2. The van der Waals surface area contributed by atoms with E-state index in [1.54, 1.807) is 55.7 Å². The first-order valence-corrected chi connectivity index (χ1v) is 55.5. The number of aryl methyl sites for hydroxylation is 8. The Morgan fingerprint density at radius 3 is 1.05 bits per heavy atom. The highest BCUT2D eigenvalue weighted by Crippen LogP contribution is 2.39. The summed E-state index contributed by atoms with van der Waals surface area (Å²) < 4.78 is 0. The molecule has 0 spiro atoms. The van der Waals surface area contributed by atoms with Crippen molar-refractivity contribution in [2.75, 3.05) is 0 Å². The van der Waals surface area contributed by atoms with Crippen molar-refractivity contribution in [2.45, 2.75) is 173 Å². The summed E-state index contributed by atoms with van der Waals surface area (Å²) in [5.41, 5.74) is 46.7. The van der Waals surface area contributed by atoms with Crippen molar-refractivity contribution < 1.29 is 0 Å². The molecule has 0 radical (unpaired) electrons. The van der Waals surface area contributed by atoms with Gasteiger partial charge in [-0.15, -0.1) is 0 Å². The average Bonchev–Trinajstić information content (AvgIpc) is 1.58. The van der Waals surface area contributed by atoms with Crippen LogP contribution in [0, 0.1) is 5.92 Å². The van der Waals surface area contributed by atoms with Crippen LogP contribution in [0.15, 0.2) is 513 Å². The van der Waals surface area contributed by atoms with E-state index >= 15 is 0 Å². The van der Waals surface area contributed by atoms with Gasteiger partial charge in [0.25, 0.3) is 0 Å². The molecule has 0 saturated carbocycles. The van der Waals surface area contributed by atoms with Gasteiger partial charge in [0.15, 0.2) is 0 Å². The third-order valence-corrected chi connectivity index (χ3v) is 31.2. The Hall–Kier alpha value is -15.9. The average molecular weight is 1940 g/mol. The SMILES string of the molecule is C1=CC2=C(C1)CC=C2.C1=CC2=C(C=CC2)C1.C1=CC2C=CCC2=C1.C1=CCC=C1.C1=Cc2c(ccc3ccccc23)C1.C1=Cc2cc3c(cc2C1)C=CC3.C1=Cc2ccc3ccccc3c2C1.C1=Cc2ccccc2C1.c1c2c(cc3c1CCC3)CCC2.c1ccc2c(c1)CCC2.c1ccc2c(c1)CCCC2.c1ccc2c(c1)Cc1ccccc1-2.c1ccc2c(c1)Cc1ccccc1C2.c1ccc2ccccc2c1.c1ccccc1. The molecule has 34 rings (SSSR count). The first-order chi connectivity index (χ1) is 74.4. The van der Waals surface area contributed by atoms with E-state index in [2.05, 4.69) is 480 Å². The Balaban J connectivity index is 0.0000000977. The van der Waals surface area contributed by atoms with Crippen molar-refractivity contribution in [3.63, 3.8) is 0 Å². The molecule has 0 bridgehead atoms. The molecule has 1 atom stereocenters. The zero-order valence-electron chi connectivity index (χ0n) is 87.2. The summed E-state index contributed by atoms with van der Waals surface area (Å²) in [5.74, 6) is 0.676. The lowest BCUT2D eigenvalue weighted by molar-refractivity contribution is 0.685. The van der Waals surface area contributed by atoms with Crippen LogP contribution in [0.5, 0.6) is 0 Å². The van der Waals surface area contributed by atoms with Gasteiger partial charge in [0.05, 0.1) is 0 Å². The van der Waals surface area contributed by atoms with Crippen LogP contribution in [0.2, 0.25) is 0 Å². The molecule has 0 fully saturated rings. The first-order valence-electron chi connectivity index (χ1n) is 55.5. The standard InChI is InChI=1S/C14H12.3C13H10.C12H14.C12H10.C10H12.C10H8.C9H10.C9H8.3C8H8.C6H6.C5H6/c1-2-6-12-10-14-8-4-3-7-13(14)9-11(12)5-1;1-3-7-12-10(5-1)9-11-6-2-4-8-13(11)12;2*1-2-6-12-10(4-1)8-9-11-5-3-7-13(11)12;2*1-3-9-7-11-5-2-6-12(11)8-10(9)4-1;2*1-2-6-10-8-4-3-7-9(10)5-1;2*1-2-5-9-7-3-6-8(9)4-1;3*1-3-7-5-2-6-8(7)4-1;1-2-4-6-5-3-1;1-2-4-5-3-1/h1-8H,9-10H2;1-8H,9H2;1-4,6-9H,5H2;1-6,8-9H,7H2;7-8H,1-6H2;1-3,6-8H,4-5H2;1-2,5-6H,3-4,7-8H2;1-8H;1-2,4-5H,3,6-7H2;1-6H,7H2;1-3,6H,4-5H2;1-3,5H,4,6H2;1-5,7H,6H2;1-6H;1-4H,5H2. The van der Waals surface area contributed by atoms with E-state index in [4.69, 9.17) is 0 Å². The molecule has 0 N–H and O–H groups in total. The van der Waals surface area contributed by atoms with Gasteiger partial charge >= 0.3 is 0 Å². The normalized spacial score (nSPS) is 16.1. The minimum Gasteiger partial charge on any atom is -0.0835 e. The van der Waals surface area contributed by atoms with Crippen LogP contribution < -0.4 is 0 Å². The van der Waals surface area contributed by atoms with E-state index in [1.807, 2.05) is 36.4 Å². The highest BCUT2D eigenvalue weighted by atomic mass is 14.3. The van der Waals surface area contributed by atoms with Gasteiger partial charge in [-0.05, 0) is 367 Å². The lowest BCUT2D eigenvalue weighted by atomic mass is 9.86. The van der Waals surface area contributed by atoms with Gasteiger partial charge in [-0.2, -0.15) is 0 Å². The highest BCUT2D eigenvalue weighted by molar-refractivity contribution is 5.94. The maximum atomic E-state index is 2.48. The summed E-state index contributed by atoms with van der Waals surface area (Å²) in [6.45, 7) is 0. The Morgan fingerprint density at radius 2 is 0.567 bits per heavy atom. The molecule has 0 heteroatoms. The van der Waals surface area contributed by atoms with Gasteiger partial charge in [0, 0.05) is 5.92 Å². The van der Waals surface area contributed by atoms with Gasteiger partial charge in [0.2, 0.25) is 0 Å². The molecule has 0 nitrogen and oxygen atoms in total. The molecule has 18 aliphatic carbocycles. The van der Waals surface area contributed by atoms with E-state index in [-0.39, 0.29) is 0 Å². The number of allylic oxidation sites excluding steroid dienone is 27. The third-order valence-electron chi connectivity index (χ3n) is 31.2. The molecule has 0 amide bonds. The van der Waals surface area contributed by atoms with Crippen LogP contribution in [-0.2, 0) is 103 Å². The van der Waals surface area contributed by atoms with E-state index < -0.39 is 0 Å². The van der Waals surface area contributed by atoms with Crippen molar-refractivity contribution in [2.24, 2.45) is 5.92 Å². The van der Waals surface area contributed by atoms with Gasteiger partial charge < -0.3 is 0 Å². The second-order valence-corrected chi connectivity index (χ2v) is 41.2. The zero-order valence-corrected chi connectivity index (χ0v) is 87.2. The largest absolute Gasteiger partial charge is 0.0835 e. The Bertz CT molecular complexity index is 7510. The maximum Gasteiger partial charge on any atom is 0.0166 e. The highest BCUT2D eigenvalue weighted by Gasteiger charge is 2.22. The molecule has 18 aliphatic rings. The van der Waals surface area contributed by atoms with Gasteiger partial charge in [-0.3, -0.25) is 0 Å². The summed E-state index contributed by atoms with van der Waals surface area (Å²) in [7, 11) is 0. The molecule has 0 saturated heterocycles. The van der Waals surface area contributed by atoms with Gasteiger partial charge in [0.1, 0.15) is 0 Å². The minimum atomic E-state index is 0.676. The summed E-state index contributed by atoms with van der Waals surface area (Å²) in [4.78, 5) is 0. The van der Waals surface area contributed by atoms with Crippen molar-refractivity contribution in [1.29, 1.82) is 0 Å². The summed E-state index contributed by atoms with van der Waals surface area (Å²) in [5, 5.41) is 8.10. The fourth-order valence-corrected chi connectivity index (χ4v) is 23.1. The fraction of sp³-hybridized carbons (Fsp3) is 0.187. The van der Waals surface area contributed by atoms with Crippen LogP contribution in [0.3, 0.4) is 0 Å². The minimum absolute atomic E-state index is 0.676. The Kier molecular flexibility index (Phi) is 35.6. The van der Waals surface area contributed by atoms with Gasteiger partial charge in [-0.25, -0.2) is 0 Å². The molecule has 1 unspecified atom stereocenters. The number of fused-ring (bicyclic) bond motifs is 20. The third kappa shape index (κ3) is 27.2. The summed E-state index contributed by atoms with van der Waals surface area (Å²) in [6.07, 6.45) is 92.8. The van der Waals surface area contributed by atoms with Crippen LogP contribution >= 0.6 is 0 Å². The van der Waals surface area contributed by atoms with Gasteiger partial charge in [-0.1, -0.05) is 527 Å². The van der Waals surface area contributed by atoms with Crippen LogP contribution in [-0.4, -0.2) is 0 Å². The van der Waals surface area contributed by atoms with Crippen molar-refractivity contribution >= 4 is 62.7 Å². The molecule has 0 aliphatic heterocycles. The monoisotopic (exact) mass is 1940 g/mol. The topological polar surface area (TPSA) is 0 Å². The second-order valence-electron chi connectivity index (χ2n) is 41.2. The molecule has 0 aromatic heterocycles. The van der Waals surface area contributed by atoms with Crippen LogP contribution in [0.1, 0.15) is 204 Å². The Morgan fingerprint density at radius 1 is 0.193 bits per heavy atom. The fourth-order valence-electron chi connectivity index (χ4n) is 23.1. The lowest BCUT2D eigenvalue weighted by Gasteiger charge is -2.18. The zero-order chi connectivity index (χ0) is 101. The molecule has 740 valence electrons. The number of hydrogen-bond acceptors (Lipinski definition) is 0. The van der Waals surface area contributed by atoms with Crippen LogP contribution in [0.25, 0.3) is 73.8 Å². The number of benzene rings is 16. The smallest absolute Gasteiger partial charge is 0.0166 e. The first kappa shape index (κ1) is 101. The summed E-state index contributed by atoms with van der Waals surface area (Å²) >= 11 is 0. The molecular formula is C150H140. The van der Waals surface area contributed by atoms with Crippen LogP contribution in [0.4, 0.5) is 0 Å². The number of rotatable bonds is 0.